The number of para-hydroxylation sites is 1. The molecule has 30 heavy (non-hydrogen) atoms. The molecular formula is C25H30N2O3. The number of aliphatic hydroxyl groups excluding tert-OH is 1. The van der Waals surface area contributed by atoms with Crippen molar-refractivity contribution in [1.82, 2.24) is 9.47 Å². The lowest BCUT2D eigenvalue weighted by molar-refractivity contribution is 0.145. The highest BCUT2D eigenvalue weighted by Gasteiger charge is 2.35. The Morgan fingerprint density at radius 2 is 2.03 bits per heavy atom. The van der Waals surface area contributed by atoms with E-state index in [1.165, 1.54) is 27.8 Å². The predicted octanol–water partition coefficient (Wildman–Crippen LogP) is 4.43. The van der Waals surface area contributed by atoms with Gasteiger partial charge in [0.05, 0.1) is 19.2 Å². The molecule has 3 heterocycles. The molecule has 0 bridgehead atoms. The molecule has 2 aliphatic heterocycles. The normalized spacial score (nSPS) is 18.0. The van der Waals surface area contributed by atoms with Gasteiger partial charge >= 0.3 is 0 Å². The third-order valence-corrected chi connectivity index (χ3v) is 6.73. The first-order chi connectivity index (χ1) is 14.7. The highest BCUT2D eigenvalue weighted by Crippen LogP contribution is 2.44. The van der Waals surface area contributed by atoms with Crippen molar-refractivity contribution in [2.45, 2.75) is 51.9 Å². The highest BCUT2D eigenvalue weighted by molar-refractivity contribution is 5.86. The molecule has 5 heteroatoms. The highest BCUT2D eigenvalue weighted by atomic mass is 16.5. The van der Waals surface area contributed by atoms with Crippen LogP contribution in [0.25, 0.3) is 10.9 Å². The van der Waals surface area contributed by atoms with Crippen LogP contribution in [0.2, 0.25) is 0 Å². The minimum absolute atomic E-state index is 0.0250. The monoisotopic (exact) mass is 406 g/mol. The summed E-state index contributed by atoms with van der Waals surface area (Å²) >= 11 is 0. The van der Waals surface area contributed by atoms with Crippen LogP contribution in [0.15, 0.2) is 36.4 Å². The first kappa shape index (κ1) is 19.5. The summed E-state index contributed by atoms with van der Waals surface area (Å²) in [5.74, 6) is 1.70. The molecule has 0 amide bonds. The Morgan fingerprint density at radius 3 is 2.83 bits per heavy atom. The second-order valence-electron chi connectivity index (χ2n) is 8.36. The number of nitrogens with zero attached hydrogens (tertiary/aromatic N) is 2. The second-order valence-corrected chi connectivity index (χ2v) is 8.36. The molecule has 1 atom stereocenters. The van der Waals surface area contributed by atoms with Crippen molar-refractivity contribution in [3.8, 4) is 11.5 Å². The molecule has 0 saturated carbocycles. The number of unbranched alkanes of at least 4 members (excludes halogenated alkanes) is 1. The zero-order valence-electron chi connectivity index (χ0n) is 17.9. The molecule has 1 unspecified atom stereocenters. The van der Waals surface area contributed by atoms with Gasteiger partial charge < -0.3 is 19.1 Å². The maximum absolute atomic E-state index is 10.0. The van der Waals surface area contributed by atoms with Crippen LogP contribution in [0.5, 0.6) is 11.5 Å². The molecule has 0 fully saturated rings. The molecule has 3 aromatic rings. The van der Waals surface area contributed by atoms with Gasteiger partial charge in [0, 0.05) is 30.2 Å². The number of hydrogen-bond donors (Lipinski definition) is 1. The quantitative estimate of drug-likeness (QED) is 0.615. The molecular weight excluding hydrogens is 376 g/mol. The smallest absolute Gasteiger partial charge is 0.161 e. The van der Waals surface area contributed by atoms with Gasteiger partial charge in [-0.2, -0.15) is 0 Å². The Kier molecular flexibility index (Phi) is 5.17. The van der Waals surface area contributed by atoms with Crippen LogP contribution >= 0.6 is 0 Å². The number of aliphatic hydroxyl groups is 1. The van der Waals surface area contributed by atoms with Crippen molar-refractivity contribution in [3.63, 3.8) is 0 Å². The fourth-order valence-corrected chi connectivity index (χ4v) is 5.17. The van der Waals surface area contributed by atoms with E-state index in [1.807, 2.05) is 6.07 Å². The Hall–Kier alpha value is -2.50. The average Bonchev–Trinajstić information content (AvgIpc) is 3.10. The van der Waals surface area contributed by atoms with Crippen LogP contribution < -0.4 is 9.47 Å². The van der Waals surface area contributed by atoms with Crippen molar-refractivity contribution in [1.29, 1.82) is 0 Å². The summed E-state index contributed by atoms with van der Waals surface area (Å²) in [6, 6.07) is 13.2. The summed E-state index contributed by atoms with van der Waals surface area (Å²) in [4.78, 5) is 2.55. The van der Waals surface area contributed by atoms with E-state index in [9.17, 15) is 5.11 Å². The first-order valence-electron chi connectivity index (χ1n) is 11.0. The number of fused-ring (bicyclic) bond motifs is 6. The molecule has 158 valence electrons. The van der Waals surface area contributed by atoms with Crippen molar-refractivity contribution < 1.29 is 14.6 Å². The van der Waals surface area contributed by atoms with Gasteiger partial charge in [0.1, 0.15) is 6.73 Å². The van der Waals surface area contributed by atoms with Gasteiger partial charge in [0.15, 0.2) is 11.5 Å². The molecule has 2 aromatic carbocycles. The van der Waals surface area contributed by atoms with E-state index in [0.717, 1.165) is 62.4 Å². The van der Waals surface area contributed by atoms with E-state index in [2.05, 4.69) is 46.7 Å². The van der Waals surface area contributed by atoms with E-state index in [4.69, 9.17) is 9.47 Å². The van der Waals surface area contributed by atoms with Crippen LogP contribution in [-0.4, -0.2) is 34.8 Å². The molecule has 1 N–H and O–H groups in total. The number of methoxy groups -OCH3 is 1. The van der Waals surface area contributed by atoms with Crippen LogP contribution in [-0.2, 0) is 26.1 Å². The number of rotatable bonds is 6. The fourth-order valence-electron chi connectivity index (χ4n) is 5.17. The Morgan fingerprint density at radius 1 is 1.17 bits per heavy atom. The van der Waals surface area contributed by atoms with E-state index in [-0.39, 0.29) is 6.73 Å². The summed E-state index contributed by atoms with van der Waals surface area (Å²) in [5.41, 5.74) is 6.48. The van der Waals surface area contributed by atoms with E-state index in [1.54, 1.807) is 7.11 Å². The SMILES string of the molecule is CCCCOc1cc2c(cc1OC)C1Cc3c(n(CO)c4ccccc34)CN1CC2. The van der Waals surface area contributed by atoms with Crippen LogP contribution in [0.4, 0.5) is 0 Å². The van der Waals surface area contributed by atoms with Crippen molar-refractivity contribution >= 4 is 10.9 Å². The zero-order chi connectivity index (χ0) is 20.7. The van der Waals surface area contributed by atoms with Crippen molar-refractivity contribution in [3.05, 3.63) is 58.8 Å². The lowest BCUT2D eigenvalue weighted by Gasteiger charge is -2.41. The molecule has 5 rings (SSSR count). The molecule has 5 nitrogen and oxygen atoms in total. The molecule has 2 aliphatic rings. The van der Waals surface area contributed by atoms with Gasteiger partial charge in [0.2, 0.25) is 0 Å². The van der Waals surface area contributed by atoms with Crippen molar-refractivity contribution in [2.75, 3.05) is 20.3 Å². The predicted molar refractivity (Wildman–Crippen MR) is 118 cm³/mol. The van der Waals surface area contributed by atoms with E-state index < -0.39 is 0 Å². The second kappa shape index (κ2) is 7.97. The van der Waals surface area contributed by atoms with Crippen molar-refractivity contribution in [2.24, 2.45) is 0 Å². The number of ether oxygens (including phenoxy) is 2. The maximum atomic E-state index is 10.0. The Labute approximate surface area is 177 Å². The minimum Gasteiger partial charge on any atom is -0.493 e. The van der Waals surface area contributed by atoms with Gasteiger partial charge in [-0.05, 0) is 54.2 Å². The zero-order valence-corrected chi connectivity index (χ0v) is 17.9. The minimum atomic E-state index is 0.0250. The van der Waals surface area contributed by atoms with Gasteiger partial charge in [-0.3, -0.25) is 4.90 Å². The summed E-state index contributed by atoms with van der Waals surface area (Å²) in [6.45, 7) is 4.81. The van der Waals surface area contributed by atoms with Crippen LogP contribution in [0.1, 0.15) is 48.2 Å². The Balaban J connectivity index is 1.54. The summed E-state index contributed by atoms with van der Waals surface area (Å²) < 4.78 is 13.8. The van der Waals surface area contributed by atoms with Crippen LogP contribution in [0.3, 0.4) is 0 Å². The summed E-state index contributed by atoms with van der Waals surface area (Å²) in [6.07, 6.45) is 4.13. The summed E-state index contributed by atoms with van der Waals surface area (Å²) in [5, 5.41) is 11.3. The number of hydrogen-bond acceptors (Lipinski definition) is 4. The third-order valence-electron chi connectivity index (χ3n) is 6.73. The standard InChI is InChI=1S/C25H30N2O3/c1-3-4-11-30-25-12-17-9-10-26-15-23-20(13-22(26)19(17)14-24(25)29-2)18-7-5-6-8-21(18)27(23)16-28/h5-8,12,14,22,28H,3-4,9-11,13,15-16H2,1-2H3. The van der Waals surface area contributed by atoms with Gasteiger partial charge in [-0.15, -0.1) is 0 Å². The molecule has 0 spiro atoms. The average molecular weight is 407 g/mol. The lowest BCUT2D eigenvalue weighted by atomic mass is 9.85. The number of benzene rings is 2. The molecule has 0 aliphatic carbocycles. The molecule has 1 aromatic heterocycles. The van der Waals surface area contributed by atoms with Gasteiger partial charge in [0.25, 0.3) is 0 Å². The lowest BCUT2D eigenvalue weighted by Crippen LogP contribution is -2.39. The van der Waals surface area contributed by atoms with E-state index >= 15 is 0 Å². The van der Waals surface area contributed by atoms with Gasteiger partial charge in [-0.1, -0.05) is 31.5 Å². The Bertz CT molecular complexity index is 1070. The molecule has 0 radical (unpaired) electrons. The van der Waals surface area contributed by atoms with E-state index in [0.29, 0.717) is 6.04 Å². The first-order valence-corrected chi connectivity index (χ1v) is 11.0. The number of aromatic nitrogens is 1. The maximum Gasteiger partial charge on any atom is 0.161 e. The van der Waals surface area contributed by atoms with Gasteiger partial charge in [-0.25, -0.2) is 0 Å². The topological polar surface area (TPSA) is 46.9 Å². The summed E-state index contributed by atoms with van der Waals surface area (Å²) in [7, 11) is 1.73. The third kappa shape index (κ3) is 3.08. The molecule has 0 saturated heterocycles. The van der Waals surface area contributed by atoms with Crippen LogP contribution in [0, 0.1) is 0 Å². The largest absolute Gasteiger partial charge is 0.493 e. The fraction of sp³-hybridized carbons (Fsp3) is 0.440.